The molecule has 0 fully saturated rings. The number of nitrogens with zero attached hydrogens (tertiary/aromatic N) is 1. The van der Waals surface area contributed by atoms with E-state index in [1.165, 1.54) is 24.3 Å². The third-order valence-electron chi connectivity index (χ3n) is 3.25. The molecule has 108 valence electrons. The molecule has 0 N–H and O–H groups in total. The largest absolute Gasteiger partial charge is 0.423 e. The predicted octanol–water partition coefficient (Wildman–Crippen LogP) is 3.97. The SMILES string of the molecule is O=C(Oc1ccc2ccccc2c1)c1ccc([N+](=O)[O-])cc1. The average molecular weight is 293 g/mol. The van der Waals surface area contributed by atoms with Crippen LogP contribution in [0.25, 0.3) is 10.8 Å². The fourth-order valence-corrected chi connectivity index (χ4v) is 2.12. The van der Waals surface area contributed by atoms with Gasteiger partial charge in [0.05, 0.1) is 10.5 Å². The lowest BCUT2D eigenvalue weighted by Gasteiger charge is -2.05. The van der Waals surface area contributed by atoms with Gasteiger partial charge >= 0.3 is 5.97 Å². The molecular weight excluding hydrogens is 282 g/mol. The Morgan fingerprint density at radius 2 is 1.59 bits per heavy atom. The highest BCUT2D eigenvalue weighted by Crippen LogP contribution is 2.22. The Morgan fingerprint density at radius 3 is 2.27 bits per heavy atom. The number of benzene rings is 3. The highest BCUT2D eigenvalue weighted by Gasteiger charge is 2.11. The van der Waals surface area contributed by atoms with Crippen LogP contribution in [0.15, 0.2) is 66.7 Å². The van der Waals surface area contributed by atoms with Crippen LogP contribution in [-0.4, -0.2) is 10.9 Å². The Balaban J connectivity index is 1.81. The number of rotatable bonds is 3. The molecule has 0 bridgehead atoms. The maximum Gasteiger partial charge on any atom is 0.343 e. The van der Waals surface area contributed by atoms with Gasteiger partial charge in [-0.2, -0.15) is 0 Å². The van der Waals surface area contributed by atoms with Gasteiger partial charge in [0.25, 0.3) is 5.69 Å². The van der Waals surface area contributed by atoms with Gasteiger partial charge < -0.3 is 4.74 Å². The van der Waals surface area contributed by atoms with Gasteiger partial charge in [0.15, 0.2) is 0 Å². The summed E-state index contributed by atoms with van der Waals surface area (Å²) in [5, 5.41) is 12.6. The van der Waals surface area contributed by atoms with E-state index in [0.717, 1.165) is 10.8 Å². The second kappa shape index (κ2) is 5.65. The summed E-state index contributed by atoms with van der Waals surface area (Å²) >= 11 is 0. The van der Waals surface area contributed by atoms with E-state index in [9.17, 15) is 14.9 Å². The van der Waals surface area contributed by atoms with Crippen LogP contribution in [0.4, 0.5) is 5.69 Å². The van der Waals surface area contributed by atoms with E-state index >= 15 is 0 Å². The number of carbonyl (C=O) groups is 1. The summed E-state index contributed by atoms with van der Waals surface area (Å²) in [5.74, 6) is -0.118. The van der Waals surface area contributed by atoms with Crippen LogP contribution in [0.1, 0.15) is 10.4 Å². The third-order valence-corrected chi connectivity index (χ3v) is 3.25. The summed E-state index contributed by atoms with van der Waals surface area (Å²) in [6, 6.07) is 18.4. The number of esters is 1. The van der Waals surface area contributed by atoms with Crippen LogP contribution in [0.5, 0.6) is 5.75 Å². The van der Waals surface area contributed by atoms with Crippen molar-refractivity contribution < 1.29 is 14.5 Å². The molecule has 0 amide bonds. The normalized spacial score (nSPS) is 10.4. The van der Waals surface area contributed by atoms with E-state index in [4.69, 9.17) is 4.74 Å². The minimum atomic E-state index is -0.551. The molecule has 5 heteroatoms. The maximum atomic E-state index is 12.0. The molecule has 3 aromatic rings. The molecule has 0 spiro atoms. The molecule has 22 heavy (non-hydrogen) atoms. The van der Waals surface area contributed by atoms with Crippen LogP contribution in [0, 0.1) is 10.1 Å². The quantitative estimate of drug-likeness (QED) is 0.317. The first kappa shape index (κ1) is 13.8. The summed E-state index contributed by atoms with van der Waals surface area (Å²) < 4.78 is 5.30. The second-order valence-corrected chi connectivity index (χ2v) is 4.70. The van der Waals surface area contributed by atoms with E-state index in [1.54, 1.807) is 12.1 Å². The first-order valence-corrected chi connectivity index (χ1v) is 6.59. The molecule has 5 nitrogen and oxygen atoms in total. The molecule has 0 unspecified atom stereocenters. The molecule has 0 aliphatic carbocycles. The van der Waals surface area contributed by atoms with Crippen LogP contribution < -0.4 is 4.74 Å². The van der Waals surface area contributed by atoms with Crippen molar-refractivity contribution >= 4 is 22.4 Å². The van der Waals surface area contributed by atoms with Gasteiger partial charge in [0.2, 0.25) is 0 Å². The molecular formula is C17H11NO4. The van der Waals surface area contributed by atoms with Crippen molar-refractivity contribution in [3.63, 3.8) is 0 Å². The topological polar surface area (TPSA) is 69.4 Å². The molecule has 0 atom stereocenters. The smallest absolute Gasteiger partial charge is 0.343 e. The van der Waals surface area contributed by atoms with Crippen molar-refractivity contribution in [2.75, 3.05) is 0 Å². The fraction of sp³-hybridized carbons (Fsp3) is 0. The van der Waals surface area contributed by atoms with E-state index < -0.39 is 10.9 Å². The summed E-state index contributed by atoms with van der Waals surface area (Å²) in [7, 11) is 0. The zero-order valence-electron chi connectivity index (χ0n) is 11.4. The van der Waals surface area contributed by atoms with Crippen LogP contribution in [0.2, 0.25) is 0 Å². The van der Waals surface area contributed by atoms with Crippen LogP contribution in [0.3, 0.4) is 0 Å². The molecule has 0 aliphatic rings. The van der Waals surface area contributed by atoms with E-state index in [0.29, 0.717) is 5.75 Å². The zero-order valence-corrected chi connectivity index (χ0v) is 11.4. The average Bonchev–Trinajstić information content (AvgIpc) is 2.55. The Labute approximate surface area is 125 Å². The van der Waals surface area contributed by atoms with Gasteiger partial charge in [0, 0.05) is 12.1 Å². The number of fused-ring (bicyclic) bond motifs is 1. The summed E-state index contributed by atoms with van der Waals surface area (Å²) in [4.78, 5) is 22.1. The van der Waals surface area contributed by atoms with Crippen LogP contribution in [-0.2, 0) is 0 Å². The maximum absolute atomic E-state index is 12.0. The second-order valence-electron chi connectivity index (χ2n) is 4.70. The standard InChI is InChI=1S/C17H11NO4/c19-17(13-5-8-15(9-6-13)18(20)21)22-16-10-7-12-3-1-2-4-14(12)11-16/h1-11H. The van der Waals surface area contributed by atoms with Gasteiger partial charge in [-0.15, -0.1) is 0 Å². The van der Waals surface area contributed by atoms with E-state index in [-0.39, 0.29) is 11.3 Å². The Kier molecular flexibility index (Phi) is 3.53. The van der Waals surface area contributed by atoms with Crippen LogP contribution >= 0.6 is 0 Å². The van der Waals surface area contributed by atoms with Crippen molar-refractivity contribution in [2.45, 2.75) is 0 Å². The van der Waals surface area contributed by atoms with Gasteiger partial charge in [-0.3, -0.25) is 10.1 Å². The predicted molar refractivity (Wildman–Crippen MR) is 82.0 cm³/mol. The Bertz CT molecular complexity index is 856. The monoisotopic (exact) mass is 293 g/mol. The molecule has 0 heterocycles. The molecule has 3 aromatic carbocycles. The first-order chi connectivity index (χ1) is 10.6. The van der Waals surface area contributed by atoms with Crippen molar-refractivity contribution in [3.8, 4) is 5.75 Å². The summed E-state index contributed by atoms with van der Waals surface area (Å²) in [6.07, 6.45) is 0. The first-order valence-electron chi connectivity index (χ1n) is 6.59. The number of carbonyl (C=O) groups excluding carboxylic acids is 1. The number of ether oxygens (including phenoxy) is 1. The lowest BCUT2D eigenvalue weighted by Crippen LogP contribution is -2.08. The van der Waals surface area contributed by atoms with Gasteiger partial charge in [-0.1, -0.05) is 30.3 Å². The van der Waals surface area contributed by atoms with Gasteiger partial charge in [-0.05, 0) is 35.0 Å². The Morgan fingerprint density at radius 1 is 0.909 bits per heavy atom. The molecule has 0 radical (unpaired) electrons. The summed E-state index contributed by atoms with van der Waals surface area (Å²) in [6.45, 7) is 0. The van der Waals surface area contributed by atoms with Gasteiger partial charge in [0.1, 0.15) is 5.75 Å². The summed E-state index contributed by atoms with van der Waals surface area (Å²) in [5.41, 5.74) is 0.195. The number of nitro benzene ring substituents is 1. The molecule has 3 rings (SSSR count). The Hall–Kier alpha value is -3.21. The van der Waals surface area contributed by atoms with Crippen molar-refractivity contribution in [3.05, 3.63) is 82.4 Å². The number of nitro groups is 1. The molecule has 0 saturated carbocycles. The fourth-order valence-electron chi connectivity index (χ4n) is 2.12. The zero-order chi connectivity index (χ0) is 15.5. The number of non-ortho nitro benzene ring substituents is 1. The lowest BCUT2D eigenvalue weighted by atomic mass is 10.1. The highest BCUT2D eigenvalue weighted by atomic mass is 16.6. The van der Waals surface area contributed by atoms with E-state index in [1.807, 2.05) is 30.3 Å². The minimum absolute atomic E-state index is 0.0674. The van der Waals surface area contributed by atoms with Gasteiger partial charge in [-0.25, -0.2) is 4.79 Å². The van der Waals surface area contributed by atoms with Crippen molar-refractivity contribution in [1.29, 1.82) is 0 Å². The third kappa shape index (κ3) is 2.78. The molecule has 0 saturated heterocycles. The minimum Gasteiger partial charge on any atom is -0.423 e. The van der Waals surface area contributed by atoms with Crippen molar-refractivity contribution in [1.82, 2.24) is 0 Å². The number of hydrogen-bond donors (Lipinski definition) is 0. The number of hydrogen-bond acceptors (Lipinski definition) is 4. The van der Waals surface area contributed by atoms with E-state index in [2.05, 4.69) is 0 Å². The highest BCUT2D eigenvalue weighted by molar-refractivity contribution is 5.92. The molecule has 0 aromatic heterocycles. The lowest BCUT2D eigenvalue weighted by molar-refractivity contribution is -0.384. The van der Waals surface area contributed by atoms with Crippen molar-refractivity contribution in [2.24, 2.45) is 0 Å². The molecule has 0 aliphatic heterocycles.